The first-order chi connectivity index (χ1) is 11.2. The Balaban J connectivity index is 1.64. The van der Waals surface area contributed by atoms with E-state index in [9.17, 15) is 4.79 Å². The normalized spacial score (nSPS) is 25.8. The van der Waals surface area contributed by atoms with Crippen LogP contribution < -0.4 is 10.5 Å². The van der Waals surface area contributed by atoms with E-state index in [4.69, 9.17) is 4.74 Å². The molecule has 2 aliphatic rings. The number of fused-ring (bicyclic) bond motifs is 1. The van der Waals surface area contributed by atoms with E-state index >= 15 is 0 Å². The van der Waals surface area contributed by atoms with Crippen molar-refractivity contribution in [1.29, 1.82) is 0 Å². The van der Waals surface area contributed by atoms with Crippen molar-refractivity contribution in [3.63, 3.8) is 0 Å². The van der Waals surface area contributed by atoms with Crippen molar-refractivity contribution >= 4 is 21.4 Å². The van der Waals surface area contributed by atoms with Crippen molar-refractivity contribution in [2.24, 2.45) is 5.41 Å². The number of ether oxygens (including phenoxy) is 1. The van der Waals surface area contributed by atoms with Crippen LogP contribution in [0.25, 0.3) is 4.96 Å². The number of hydrogen-bond donors (Lipinski definition) is 0. The van der Waals surface area contributed by atoms with Gasteiger partial charge in [-0.3, -0.25) is 4.79 Å². The molecule has 2 heterocycles. The standard InChI is InChI=1S/C16H22N4O2S/c1-3-22-12-10-11(16(12)7-4-5-8-16)19(2)15-18-20-13(21)6-9-17-14(20)23-15/h6,9,11-12H,3-5,7-8,10H2,1-2H3/t11-,12+/m1/s1. The Morgan fingerprint density at radius 3 is 2.96 bits per heavy atom. The van der Waals surface area contributed by atoms with E-state index in [0.717, 1.165) is 18.2 Å². The summed E-state index contributed by atoms with van der Waals surface area (Å²) in [4.78, 5) is 19.0. The van der Waals surface area contributed by atoms with Gasteiger partial charge in [0.2, 0.25) is 10.1 Å². The highest BCUT2D eigenvalue weighted by Gasteiger charge is 2.58. The minimum Gasteiger partial charge on any atom is -0.378 e. The first-order valence-electron chi connectivity index (χ1n) is 8.35. The van der Waals surface area contributed by atoms with Gasteiger partial charge < -0.3 is 9.64 Å². The Morgan fingerprint density at radius 1 is 1.48 bits per heavy atom. The largest absolute Gasteiger partial charge is 0.378 e. The molecular formula is C16H22N4O2S. The topological polar surface area (TPSA) is 59.7 Å². The summed E-state index contributed by atoms with van der Waals surface area (Å²) in [5.74, 6) is 0. The minimum atomic E-state index is -0.123. The predicted molar refractivity (Wildman–Crippen MR) is 90.3 cm³/mol. The van der Waals surface area contributed by atoms with Gasteiger partial charge in [0, 0.05) is 37.4 Å². The Hall–Kier alpha value is -1.47. The van der Waals surface area contributed by atoms with Gasteiger partial charge in [0.05, 0.1) is 6.10 Å². The lowest BCUT2D eigenvalue weighted by atomic mass is 9.60. The summed E-state index contributed by atoms with van der Waals surface area (Å²) in [6, 6.07) is 1.89. The van der Waals surface area contributed by atoms with E-state index in [0.29, 0.717) is 17.1 Å². The zero-order chi connectivity index (χ0) is 16.0. The van der Waals surface area contributed by atoms with Crippen LogP contribution in [-0.4, -0.2) is 40.4 Å². The number of aromatic nitrogens is 3. The summed E-state index contributed by atoms with van der Waals surface area (Å²) in [6.45, 7) is 2.86. The Morgan fingerprint density at radius 2 is 2.26 bits per heavy atom. The lowest BCUT2D eigenvalue weighted by Crippen LogP contribution is -2.63. The second-order valence-corrected chi connectivity index (χ2v) is 7.54. The van der Waals surface area contributed by atoms with Crippen molar-refractivity contribution in [3.8, 4) is 0 Å². The van der Waals surface area contributed by atoms with E-state index in [-0.39, 0.29) is 11.0 Å². The van der Waals surface area contributed by atoms with Gasteiger partial charge in [0.1, 0.15) is 0 Å². The van der Waals surface area contributed by atoms with E-state index < -0.39 is 0 Å². The Labute approximate surface area is 139 Å². The van der Waals surface area contributed by atoms with Crippen LogP contribution >= 0.6 is 11.3 Å². The van der Waals surface area contributed by atoms with Crippen LogP contribution in [-0.2, 0) is 4.74 Å². The highest BCUT2D eigenvalue weighted by molar-refractivity contribution is 7.20. The molecule has 2 aromatic rings. The molecule has 124 valence electrons. The summed E-state index contributed by atoms with van der Waals surface area (Å²) in [5, 5.41) is 5.35. The average Bonchev–Trinajstić information content (AvgIpc) is 3.19. The van der Waals surface area contributed by atoms with Crippen LogP contribution in [0.4, 0.5) is 5.13 Å². The third-order valence-corrected chi connectivity index (χ3v) is 6.59. The third kappa shape index (κ3) is 2.21. The molecule has 2 saturated carbocycles. The Kier molecular flexibility index (Phi) is 3.65. The SMILES string of the molecule is CCO[C@H]1C[C@@H](N(C)c2nn3c(=O)ccnc3s2)C12CCCC2. The summed E-state index contributed by atoms with van der Waals surface area (Å²) in [7, 11) is 2.09. The summed E-state index contributed by atoms with van der Waals surface area (Å²) >= 11 is 1.48. The fourth-order valence-corrected chi connectivity index (χ4v) is 5.29. The van der Waals surface area contributed by atoms with Gasteiger partial charge in [-0.2, -0.15) is 4.52 Å². The van der Waals surface area contributed by atoms with Crippen LogP contribution in [0, 0.1) is 5.41 Å². The Bertz CT molecular complexity index is 765. The van der Waals surface area contributed by atoms with Crippen molar-refractivity contribution in [3.05, 3.63) is 22.6 Å². The second-order valence-electron chi connectivity index (χ2n) is 6.61. The highest BCUT2D eigenvalue weighted by Crippen LogP contribution is 2.57. The van der Waals surface area contributed by atoms with Crippen LogP contribution in [0.1, 0.15) is 39.0 Å². The van der Waals surface area contributed by atoms with E-state index in [1.54, 1.807) is 6.20 Å². The molecule has 0 aliphatic heterocycles. The zero-order valence-corrected chi connectivity index (χ0v) is 14.4. The lowest BCUT2D eigenvalue weighted by Gasteiger charge is -2.56. The van der Waals surface area contributed by atoms with Crippen LogP contribution in [0.3, 0.4) is 0 Å². The van der Waals surface area contributed by atoms with Gasteiger partial charge in [-0.15, -0.1) is 5.10 Å². The van der Waals surface area contributed by atoms with Crippen molar-refractivity contribution in [1.82, 2.24) is 14.6 Å². The monoisotopic (exact) mass is 334 g/mol. The fraction of sp³-hybridized carbons (Fsp3) is 0.688. The fourth-order valence-electron chi connectivity index (χ4n) is 4.40. The molecule has 2 fully saturated rings. The van der Waals surface area contributed by atoms with Crippen LogP contribution in [0.2, 0.25) is 0 Å². The van der Waals surface area contributed by atoms with Gasteiger partial charge in [0.15, 0.2) is 0 Å². The van der Waals surface area contributed by atoms with Crippen molar-refractivity contribution in [2.75, 3.05) is 18.6 Å². The van der Waals surface area contributed by atoms with Gasteiger partial charge in [0.25, 0.3) is 5.56 Å². The third-order valence-electron chi connectivity index (χ3n) is 5.57. The van der Waals surface area contributed by atoms with Crippen LogP contribution in [0.15, 0.2) is 17.1 Å². The molecule has 1 spiro atoms. The summed E-state index contributed by atoms with van der Waals surface area (Å²) in [5.41, 5.74) is 0.142. The average molecular weight is 334 g/mol. The molecule has 6 nitrogen and oxygen atoms in total. The molecule has 0 radical (unpaired) electrons. The quantitative estimate of drug-likeness (QED) is 0.859. The molecule has 7 heteroatoms. The van der Waals surface area contributed by atoms with Gasteiger partial charge in [-0.25, -0.2) is 4.98 Å². The van der Waals surface area contributed by atoms with Crippen LogP contribution in [0.5, 0.6) is 0 Å². The molecule has 2 aliphatic carbocycles. The smallest absolute Gasteiger partial charge is 0.275 e. The maximum absolute atomic E-state index is 11.9. The zero-order valence-electron chi connectivity index (χ0n) is 13.6. The molecule has 0 aromatic carbocycles. The second kappa shape index (κ2) is 5.56. The maximum Gasteiger partial charge on any atom is 0.275 e. The number of nitrogens with zero attached hydrogens (tertiary/aromatic N) is 4. The maximum atomic E-state index is 11.9. The van der Waals surface area contributed by atoms with Gasteiger partial charge >= 0.3 is 0 Å². The highest BCUT2D eigenvalue weighted by atomic mass is 32.1. The molecule has 0 saturated heterocycles. The molecule has 23 heavy (non-hydrogen) atoms. The molecule has 2 atom stereocenters. The van der Waals surface area contributed by atoms with Gasteiger partial charge in [-0.05, 0) is 26.2 Å². The first kappa shape index (κ1) is 15.1. The molecule has 4 rings (SSSR count). The summed E-state index contributed by atoms with van der Waals surface area (Å²) < 4.78 is 7.40. The molecular weight excluding hydrogens is 312 g/mol. The molecule has 0 N–H and O–H groups in total. The van der Waals surface area contributed by atoms with E-state index in [1.807, 2.05) is 0 Å². The minimum absolute atomic E-state index is 0.123. The number of rotatable bonds is 4. The molecule has 0 amide bonds. The first-order valence-corrected chi connectivity index (χ1v) is 9.16. The van der Waals surface area contributed by atoms with E-state index in [1.165, 1.54) is 47.6 Å². The molecule has 0 bridgehead atoms. The molecule has 2 aromatic heterocycles. The summed E-state index contributed by atoms with van der Waals surface area (Å²) in [6.07, 6.45) is 8.00. The number of anilines is 1. The van der Waals surface area contributed by atoms with Crippen molar-refractivity contribution in [2.45, 2.75) is 51.2 Å². The number of hydrogen-bond acceptors (Lipinski definition) is 6. The molecule has 0 unspecified atom stereocenters. The van der Waals surface area contributed by atoms with E-state index in [2.05, 4.69) is 29.0 Å². The predicted octanol–water partition coefficient (Wildman–Crippen LogP) is 2.33. The lowest BCUT2D eigenvalue weighted by molar-refractivity contribution is -0.121. The van der Waals surface area contributed by atoms with Crippen molar-refractivity contribution < 1.29 is 4.74 Å². The van der Waals surface area contributed by atoms with Gasteiger partial charge in [-0.1, -0.05) is 24.2 Å².